The van der Waals surface area contributed by atoms with Crippen LogP contribution in [0.25, 0.3) is 0 Å². The average Bonchev–Trinajstić information content (AvgIpc) is 2.27. The molecular formula is C7H9ClN2S. The second-order valence-corrected chi connectivity index (χ2v) is 4.53. The lowest BCUT2D eigenvalue weighted by molar-refractivity contribution is 0.346. The van der Waals surface area contributed by atoms with Gasteiger partial charge in [-0.2, -0.15) is 0 Å². The fourth-order valence-electron chi connectivity index (χ4n) is 1.12. The minimum Gasteiger partial charge on any atom is -0.316 e. The summed E-state index contributed by atoms with van der Waals surface area (Å²) in [6, 6.07) is 0. The number of aromatic nitrogens is 1. The SMILES string of the molecule is Clc1cnc(CC2CNC2)s1. The third kappa shape index (κ3) is 1.72. The summed E-state index contributed by atoms with van der Waals surface area (Å²) in [6.07, 6.45) is 2.82. The van der Waals surface area contributed by atoms with Crippen LogP contribution >= 0.6 is 22.9 Å². The Hall–Kier alpha value is -0.120. The summed E-state index contributed by atoms with van der Waals surface area (Å²) >= 11 is 7.34. The van der Waals surface area contributed by atoms with E-state index >= 15 is 0 Å². The van der Waals surface area contributed by atoms with Crippen molar-refractivity contribution >= 4 is 22.9 Å². The van der Waals surface area contributed by atoms with Crippen LogP contribution in [0.3, 0.4) is 0 Å². The smallest absolute Gasteiger partial charge is 0.113 e. The van der Waals surface area contributed by atoms with E-state index in [0.717, 1.165) is 29.8 Å². The largest absolute Gasteiger partial charge is 0.316 e. The van der Waals surface area contributed by atoms with Crippen molar-refractivity contribution in [3.05, 3.63) is 15.5 Å². The third-order valence-corrected chi connectivity index (χ3v) is 2.99. The van der Waals surface area contributed by atoms with Gasteiger partial charge in [0.15, 0.2) is 0 Å². The highest BCUT2D eigenvalue weighted by atomic mass is 35.5. The zero-order valence-electron chi connectivity index (χ0n) is 6.01. The quantitative estimate of drug-likeness (QED) is 0.762. The molecule has 11 heavy (non-hydrogen) atoms. The average molecular weight is 189 g/mol. The summed E-state index contributed by atoms with van der Waals surface area (Å²) in [7, 11) is 0. The number of rotatable bonds is 2. The molecule has 1 aromatic rings. The van der Waals surface area contributed by atoms with Crippen LogP contribution in [0.15, 0.2) is 6.20 Å². The van der Waals surface area contributed by atoms with Crippen LogP contribution in [0.4, 0.5) is 0 Å². The summed E-state index contributed by atoms with van der Waals surface area (Å²) in [6.45, 7) is 2.27. The van der Waals surface area contributed by atoms with Gasteiger partial charge >= 0.3 is 0 Å². The van der Waals surface area contributed by atoms with E-state index in [-0.39, 0.29) is 0 Å². The molecule has 0 atom stereocenters. The van der Waals surface area contributed by atoms with Crippen molar-refractivity contribution in [3.63, 3.8) is 0 Å². The number of nitrogens with one attached hydrogen (secondary N) is 1. The van der Waals surface area contributed by atoms with Crippen molar-refractivity contribution in [2.24, 2.45) is 5.92 Å². The summed E-state index contributed by atoms with van der Waals surface area (Å²) < 4.78 is 0.798. The first-order chi connectivity index (χ1) is 5.34. The standard InChI is InChI=1S/C7H9ClN2S/c8-6-4-10-7(11-6)1-5-2-9-3-5/h4-5,9H,1-3H2. The number of nitrogens with zero attached hydrogens (tertiary/aromatic N) is 1. The highest BCUT2D eigenvalue weighted by Crippen LogP contribution is 2.21. The lowest BCUT2D eigenvalue weighted by atomic mass is 10.0. The van der Waals surface area contributed by atoms with Crippen LogP contribution in [0.1, 0.15) is 5.01 Å². The summed E-state index contributed by atoms with van der Waals surface area (Å²) in [5.74, 6) is 0.789. The van der Waals surface area contributed by atoms with Crippen molar-refractivity contribution in [2.45, 2.75) is 6.42 Å². The highest BCUT2D eigenvalue weighted by molar-refractivity contribution is 7.15. The lowest BCUT2D eigenvalue weighted by Gasteiger charge is -2.25. The third-order valence-electron chi connectivity index (χ3n) is 1.85. The summed E-state index contributed by atoms with van der Waals surface area (Å²) in [5, 5.41) is 4.40. The van der Waals surface area contributed by atoms with E-state index in [4.69, 9.17) is 11.6 Å². The van der Waals surface area contributed by atoms with Crippen LogP contribution in [0, 0.1) is 5.92 Å². The molecule has 0 bridgehead atoms. The molecule has 4 heteroatoms. The maximum atomic E-state index is 5.75. The summed E-state index contributed by atoms with van der Waals surface area (Å²) in [4.78, 5) is 4.20. The molecule has 1 aromatic heterocycles. The fourth-order valence-corrected chi connectivity index (χ4v) is 2.19. The predicted molar refractivity (Wildman–Crippen MR) is 47.2 cm³/mol. The van der Waals surface area contributed by atoms with Gasteiger partial charge in [-0.05, 0) is 19.0 Å². The second kappa shape index (κ2) is 3.09. The molecule has 1 fully saturated rings. The lowest BCUT2D eigenvalue weighted by Crippen LogP contribution is -2.43. The molecule has 1 N–H and O–H groups in total. The van der Waals surface area contributed by atoms with E-state index < -0.39 is 0 Å². The zero-order valence-corrected chi connectivity index (χ0v) is 7.58. The molecule has 0 radical (unpaired) electrons. The van der Waals surface area contributed by atoms with Crippen LogP contribution in [0.2, 0.25) is 4.34 Å². The number of hydrogen-bond acceptors (Lipinski definition) is 3. The molecule has 0 aromatic carbocycles. The van der Waals surface area contributed by atoms with E-state index in [1.165, 1.54) is 5.01 Å². The van der Waals surface area contributed by atoms with Crippen molar-refractivity contribution in [1.29, 1.82) is 0 Å². The fraction of sp³-hybridized carbons (Fsp3) is 0.571. The Morgan fingerprint density at radius 3 is 3.00 bits per heavy atom. The normalized spacial score (nSPS) is 18.3. The Balaban J connectivity index is 1.95. The summed E-state index contributed by atoms with van der Waals surface area (Å²) in [5.41, 5.74) is 0. The van der Waals surface area contributed by atoms with E-state index in [1.54, 1.807) is 17.5 Å². The van der Waals surface area contributed by atoms with Gasteiger partial charge in [0.25, 0.3) is 0 Å². The molecule has 2 rings (SSSR count). The Bertz CT molecular complexity index is 244. The van der Waals surface area contributed by atoms with Gasteiger partial charge in [0, 0.05) is 6.42 Å². The van der Waals surface area contributed by atoms with Gasteiger partial charge in [0.2, 0.25) is 0 Å². The first kappa shape index (κ1) is 7.53. The Morgan fingerprint density at radius 1 is 1.73 bits per heavy atom. The maximum absolute atomic E-state index is 5.75. The molecule has 0 aliphatic carbocycles. The van der Waals surface area contributed by atoms with E-state index in [2.05, 4.69) is 10.3 Å². The predicted octanol–water partition coefficient (Wildman–Crippen LogP) is 1.56. The first-order valence-corrected chi connectivity index (χ1v) is 4.85. The molecule has 60 valence electrons. The van der Waals surface area contributed by atoms with Crippen molar-refractivity contribution in [1.82, 2.24) is 10.3 Å². The first-order valence-electron chi connectivity index (χ1n) is 3.65. The van der Waals surface area contributed by atoms with Gasteiger partial charge in [-0.25, -0.2) is 4.98 Å². The van der Waals surface area contributed by atoms with Crippen molar-refractivity contribution in [2.75, 3.05) is 13.1 Å². The minimum atomic E-state index is 0.789. The maximum Gasteiger partial charge on any atom is 0.113 e. The monoisotopic (exact) mass is 188 g/mol. The van der Waals surface area contributed by atoms with Crippen molar-refractivity contribution in [3.8, 4) is 0 Å². The molecule has 2 nitrogen and oxygen atoms in total. The van der Waals surface area contributed by atoms with Gasteiger partial charge in [0.1, 0.15) is 4.34 Å². The van der Waals surface area contributed by atoms with Gasteiger partial charge in [0.05, 0.1) is 11.2 Å². The Morgan fingerprint density at radius 2 is 2.55 bits per heavy atom. The van der Waals surface area contributed by atoms with Gasteiger partial charge < -0.3 is 5.32 Å². The molecule has 1 aliphatic rings. The molecule has 1 aliphatic heterocycles. The van der Waals surface area contributed by atoms with Gasteiger partial charge in [-0.3, -0.25) is 0 Å². The Kier molecular flexibility index (Phi) is 2.11. The van der Waals surface area contributed by atoms with Gasteiger partial charge in [-0.1, -0.05) is 11.6 Å². The van der Waals surface area contributed by atoms with E-state index in [1.807, 2.05) is 0 Å². The van der Waals surface area contributed by atoms with Crippen molar-refractivity contribution < 1.29 is 0 Å². The molecule has 1 saturated heterocycles. The van der Waals surface area contributed by atoms with E-state index in [0.29, 0.717) is 0 Å². The second-order valence-electron chi connectivity index (χ2n) is 2.79. The molecular weight excluding hydrogens is 180 g/mol. The van der Waals surface area contributed by atoms with E-state index in [9.17, 15) is 0 Å². The zero-order chi connectivity index (χ0) is 7.68. The highest BCUT2D eigenvalue weighted by Gasteiger charge is 2.18. The van der Waals surface area contributed by atoms with Gasteiger partial charge in [-0.15, -0.1) is 11.3 Å². The molecule has 2 heterocycles. The molecule has 0 unspecified atom stereocenters. The number of halogens is 1. The Labute approximate surface area is 74.6 Å². The van der Waals surface area contributed by atoms with Crippen LogP contribution in [-0.2, 0) is 6.42 Å². The topological polar surface area (TPSA) is 24.9 Å². The molecule has 0 saturated carbocycles. The molecule has 0 spiro atoms. The van der Waals surface area contributed by atoms with Crippen LogP contribution < -0.4 is 5.32 Å². The van der Waals surface area contributed by atoms with Crippen LogP contribution in [0.5, 0.6) is 0 Å². The minimum absolute atomic E-state index is 0.789. The number of thiazole rings is 1. The molecule has 0 amide bonds. The van der Waals surface area contributed by atoms with Crippen LogP contribution in [-0.4, -0.2) is 18.1 Å². The number of hydrogen-bond donors (Lipinski definition) is 1.